The minimum Gasteiger partial charge on any atom is -0.497 e. The van der Waals surface area contributed by atoms with Crippen LogP contribution in [-0.2, 0) is 11.3 Å². The maximum absolute atomic E-state index is 11.7. The fraction of sp³-hybridized carbons (Fsp3) is 0.143. The Kier molecular flexibility index (Phi) is 5.16. The Morgan fingerprint density at radius 2 is 1.73 bits per heavy atom. The summed E-state index contributed by atoms with van der Waals surface area (Å²) in [6, 6.07) is 14.9. The van der Waals surface area contributed by atoms with Crippen molar-refractivity contribution in [2.45, 2.75) is 6.61 Å². The van der Waals surface area contributed by atoms with Crippen LogP contribution in [0.25, 0.3) is 10.8 Å². The van der Waals surface area contributed by atoms with Gasteiger partial charge in [0.05, 0.1) is 26.5 Å². The Labute approximate surface area is 151 Å². The summed E-state index contributed by atoms with van der Waals surface area (Å²) in [7, 11) is 2.92. The minimum atomic E-state index is -0.567. The standard InChI is InChI=1S/C21H17NO4/c1-25-19-8-7-16-9-14(5-6-17(16)12-19)3-4-15-10-18(13-23)22-20(11-15)21(24)26-2/h5-12,23H,13H2,1-2H3. The molecule has 0 radical (unpaired) electrons. The molecular weight excluding hydrogens is 330 g/mol. The summed E-state index contributed by atoms with van der Waals surface area (Å²) >= 11 is 0. The minimum absolute atomic E-state index is 0.119. The highest BCUT2D eigenvalue weighted by molar-refractivity contribution is 5.87. The lowest BCUT2D eigenvalue weighted by Crippen LogP contribution is -2.07. The number of aliphatic hydroxyl groups excluding tert-OH is 1. The van der Waals surface area contributed by atoms with Gasteiger partial charge in [-0.2, -0.15) is 0 Å². The molecule has 0 saturated carbocycles. The van der Waals surface area contributed by atoms with Crippen molar-refractivity contribution in [3.63, 3.8) is 0 Å². The first-order chi connectivity index (χ1) is 12.6. The van der Waals surface area contributed by atoms with E-state index in [4.69, 9.17) is 4.74 Å². The number of carbonyl (C=O) groups excluding carboxylic acids is 1. The van der Waals surface area contributed by atoms with E-state index in [1.807, 2.05) is 36.4 Å². The first kappa shape index (κ1) is 17.5. The number of pyridine rings is 1. The number of rotatable bonds is 3. The third-order valence-corrected chi connectivity index (χ3v) is 3.83. The van der Waals surface area contributed by atoms with Gasteiger partial charge in [0.2, 0.25) is 0 Å². The third kappa shape index (κ3) is 3.82. The Morgan fingerprint density at radius 3 is 2.46 bits per heavy atom. The van der Waals surface area contributed by atoms with E-state index in [9.17, 15) is 9.90 Å². The summed E-state index contributed by atoms with van der Waals surface area (Å²) in [4.78, 5) is 15.7. The first-order valence-corrected chi connectivity index (χ1v) is 7.93. The number of hydrogen-bond acceptors (Lipinski definition) is 5. The molecule has 0 bridgehead atoms. The second-order valence-corrected chi connectivity index (χ2v) is 5.56. The second kappa shape index (κ2) is 7.68. The molecule has 0 aliphatic carbocycles. The van der Waals surface area contributed by atoms with Gasteiger partial charge >= 0.3 is 5.97 Å². The lowest BCUT2D eigenvalue weighted by molar-refractivity contribution is 0.0593. The quantitative estimate of drug-likeness (QED) is 0.583. The van der Waals surface area contributed by atoms with Gasteiger partial charge in [-0.3, -0.25) is 0 Å². The van der Waals surface area contributed by atoms with Crippen LogP contribution in [0, 0.1) is 11.8 Å². The number of aromatic nitrogens is 1. The molecule has 5 heteroatoms. The average Bonchev–Trinajstić information content (AvgIpc) is 2.70. The number of carbonyl (C=O) groups is 1. The molecule has 0 atom stereocenters. The Balaban J connectivity index is 1.96. The van der Waals surface area contributed by atoms with Crippen LogP contribution in [0.2, 0.25) is 0 Å². The molecule has 2 aromatic carbocycles. The Bertz CT molecular complexity index is 1030. The zero-order valence-corrected chi connectivity index (χ0v) is 14.4. The number of aliphatic hydroxyl groups is 1. The van der Waals surface area contributed by atoms with Gasteiger partial charge < -0.3 is 14.6 Å². The molecular formula is C21H17NO4. The van der Waals surface area contributed by atoms with Crippen molar-refractivity contribution >= 4 is 16.7 Å². The van der Waals surface area contributed by atoms with E-state index in [0.29, 0.717) is 11.3 Å². The molecule has 0 amide bonds. The van der Waals surface area contributed by atoms with Gasteiger partial charge in [0.1, 0.15) is 11.4 Å². The summed E-state index contributed by atoms with van der Waals surface area (Å²) in [5, 5.41) is 11.4. The molecule has 0 fully saturated rings. The molecule has 1 aromatic heterocycles. The first-order valence-electron chi connectivity index (χ1n) is 7.93. The van der Waals surface area contributed by atoms with Crippen molar-refractivity contribution in [1.29, 1.82) is 0 Å². The van der Waals surface area contributed by atoms with Crippen molar-refractivity contribution < 1.29 is 19.4 Å². The number of fused-ring (bicyclic) bond motifs is 1. The lowest BCUT2D eigenvalue weighted by atomic mass is 10.1. The van der Waals surface area contributed by atoms with Crippen LogP contribution in [0.5, 0.6) is 5.75 Å². The summed E-state index contributed by atoms with van der Waals surface area (Å²) in [5.41, 5.74) is 1.90. The summed E-state index contributed by atoms with van der Waals surface area (Å²) < 4.78 is 9.91. The lowest BCUT2D eigenvalue weighted by Gasteiger charge is -2.03. The van der Waals surface area contributed by atoms with Gasteiger partial charge in [0.25, 0.3) is 0 Å². The molecule has 26 heavy (non-hydrogen) atoms. The van der Waals surface area contributed by atoms with Crippen LogP contribution in [0.3, 0.4) is 0 Å². The van der Waals surface area contributed by atoms with Crippen molar-refractivity contribution in [3.05, 3.63) is 71.0 Å². The summed E-state index contributed by atoms with van der Waals surface area (Å²) in [5.74, 6) is 6.32. The van der Waals surface area contributed by atoms with Crippen molar-refractivity contribution in [3.8, 4) is 17.6 Å². The number of benzene rings is 2. The van der Waals surface area contributed by atoms with E-state index < -0.39 is 5.97 Å². The fourth-order valence-corrected chi connectivity index (χ4v) is 2.52. The van der Waals surface area contributed by atoms with Gasteiger partial charge in [0.15, 0.2) is 0 Å². The molecule has 0 saturated heterocycles. The molecule has 3 rings (SSSR count). The highest BCUT2D eigenvalue weighted by atomic mass is 16.5. The Morgan fingerprint density at radius 1 is 1.00 bits per heavy atom. The van der Waals surface area contributed by atoms with Crippen LogP contribution in [-0.4, -0.2) is 30.3 Å². The molecule has 0 spiro atoms. The van der Waals surface area contributed by atoms with E-state index in [1.54, 1.807) is 19.2 Å². The van der Waals surface area contributed by atoms with Gasteiger partial charge in [-0.1, -0.05) is 24.0 Å². The molecule has 1 heterocycles. The number of ether oxygens (including phenoxy) is 2. The van der Waals surface area contributed by atoms with E-state index in [2.05, 4.69) is 21.6 Å². The molecule has 1 N–H and O–H groups in total. The Hall–Kier alpha value is -3.36. The average molecular weight is 347 g/mol. The van der Waals surface area contributed by atoms with Crippen LogP contribution < -0.4 is 4.74 Å². The largest absolute Gasteiger partial charge is 0.497 e. The maximum atomic E-state index is 11.7. The monoisotopic (exact) mass is 347 g/mol. The smallest absolute Gasteiger partial charge is 0.356 e. The van der Waals surface area contributed by atoms with Crippen molar-refractivity contribution in [2.75, 3.05) is 14.2 Å². The fourth-order valence-electron chi connectivity index (χ4n) is 2.52. The zero-order valence-electron chi connectivity index (χ0n) is 14.4. The van der Waals surface area contributed by atoms with E-state index in [0.717, 1.165) is 22.1 Å². The summed E-state index contributed by atoms with van der Waals surface area (Å²) in [6.07, 6.45) is 0. The maximum Gasteiger partial charge on any atom is 0.356 e. The number of nitrogens with zero attached hydrogens (tertiary/aromatic N) is 1. The molecule has 0 aliphatic rings. The van der Waals surface area contributed by atoms with E-state index >= 15 is 0 Å². The third-order valence-electron chi connectivity index (χ3n) is 3.83. The van der Waals surface area contributed by atoms with Crippen molar-refractivity contribution in [2.24, 2.45) is 0 Å². The predicted octanol–water partition coefficient (Wildman–Crippen LogP) is 2.92. The highest BCUT2D eigenvalue weighted by Crippen LogP contribution is 2.21. The molecule has 5 nitrogen and oxygen atoms in total. The van der Waals surface area contributed by atoms with Gasteiger partial charge in [-0.15, -0.1) is 0 Å². The molecule has 0 aliphatic heterocycles. The normalized spacial score (nSPS) is 10.1. The molecule has 3 aromatic rings. The number of esters is 1. The zero-order chi connectivity index (χ0) is 18.5. The van der Waals surface area contributed by atoms with Gasteiger partial charge in [0, 0.05) is 11.1 Å². The van der Waals surface area contributed by atoms with Crippen LogP contribution in [0.15, 0.2) is 48.5 Å². The van der Waals surface area contributed by atoms with Crippen LogP contribution in [0.4, 0.5) is 0 Å². The number of methoxy groups -OCH3 is 2. The SMILES string of the molecule is COC(=O)c1cc(C#Cc2ccc3cc(OC)ccc3c2)cc(CO)n1. The van der Waals surface area contributed by atoms with Gasteiger partial charge in [-0.05, 0) is 47.2 Å². The number of hydrogen-bond donors (Lipinski definition) is 1. The van der Waals surface area contributed by atoms with Crippen LogP contribution in [0.1, 0.15) is 27.3 Å². The second-order valence-electron chi connectivity index (χ2n) is 5.56. The molecule has 130 valence electrons. The molecule has 0 unspecified atom stereocenters. The summed E-state index contributed by atoms with van der Waals surface area (Å²) in [6.45, 7) is -0.280. The predicted molar refractivity (Wildman–Crippen MR) is 98.0 cm³/mol. The van der Waals surface area contributed by atoms with Gasteiger partial charge in [-0.25, -0.2) is 9.78 Å². The van der Waals surface area contributed by atoms with Crippen molar-refractivity contribution in [1.82, 2.24) is 4.98 Å². The van der Waals surface area contributed by atoms with Crippen LogP contribution >= 0.6 is 0 Å². The van der Waals surface area contributed by atoms with E-state index in [1.165, 1.54) is 7.11 Å². The van der Waals surface area contributed by atoms with E-state index in [-0.39, 0.29) is 12.3 Å². The topological polar surface area (TPSA) is 68.7 Å². The highest BCUT2D eigenvalue weighted by Gasteiger charge is 2.09.